The fourth-order valence-corrected chi connectivity index (χ4v) is 5.15. The average Bonchev–Trinajstić information content (AvgIpc) is 2.92. The van der Waals surface area contributed by atoms with Crippen LogP contribution in [0.25, 0.3) is 0 Å². The predicted molar refractivity (Wildman–Crippen MR) is 143 cm³/mol. The molecule has 0 bridgehead atoms. The van der Waals surface area contributed by atoms with Crippen molar-refractivity contribution < 1.29 is 24.2 Å². The first-order valence-electron chi connectivity index (χ1n) is 13.0. The lowest BCUT2D eigenvalue weighted by molar-refractivity contribution is -0.143. The molecule has 1 heterocycles. The summed E-state index contributed by atoms with van der Waals surface area (Å²) in [5.41, 5.74) is 1.61. The van der Waals surface area contributed by atoms with Gasteiger partial charge in [-0.1, -0.05) is 23.7 Å². The normalized spacial score (nSPS) is 19.8. The molecule has 2 aromatic carbocycles. The van der Waals surface area contributed by atoms with E-state index < -0.39 is 5.97 Å². The molecular formula is C28H34ClN3O5. The van der Waals surface area contributed by atoms with Gasteiger partial charge >= 0.3 is 12.0 Å². The Morgan fingerprint density at radius 3 is 2.27 bits per heavy atom. The van der Waals surface area contributed by atoms with Gasteiger partial charge in [0.15, 0.2) is 5.78 Å². The van der Waals surface area contributed by atoms with Crippen molar-refractivity contribution in [3.05, 3.63) is 59.1 Å². The number of nitrogens with zero attached hydrogens (tertiary/aromatic N) is 2. The molecule has 2 amide bonds. The number of Topliss-reactive ketones (excluding diaryl/α,β-unsaturated/α-hetero) is 1. The number of hydrogen-bond acceptors (Lipinski definition) is 5. The van der Waals surface area contributed by atoms with E-state index in [4.69, 9.17) is 21.4 Å². The minimum absolute atomic E-state index is 0.0138. The number of piperazine rings is 1. The van der Waals surface area contributed by atoms with Gasteiger partial charge in [-0.05, 0) is 68.5 Å². The molecule has 4 rings (SSSR count). The van der Waals surface area contributed by atoms with Crippen molar-refractivity contribution >= 4 is 35.1 Å². The molecule has 1 aliphatic heterocycles. The minimum atomic E-state index is -0.728. The van der Waals surface area contributed by atoms with Crippen LogP contribution >= 0.6 is 11.6 Å². The van der Waals surface area contributed by atoms with E-state index in [1.165, 1.54) is 0 Å². The molecule has 0 unspecified atom stereocenters. The summed E-state index contributed by atoms with van der Waals surface area (Å²) in [5.74, 6) is -0.282. The first kappa shape index (κ1) is 26.8. The molecule has 2 aromatic rings. The Balaban J connectivity index is 1.13. The Labute approximate surface area is 222 Å². The molecular weight excluding hydrogens is 494 g/mol. The molecule has 0 spiro atoms. The summed E-state index contributed by atoms with van der Waals surface area (Å²) < 4.78 is 5.97. The lowest BCUT2D eigenvalue weighted by Crippen LogP contribution is -2.52. The van der Waals surface area contributed by atoms with Crippen LogP contribution in [0.5, 0.6) is 5.75 Å². The highest BCUT2D eigenvalue weighted by Crippen LogP contribution is 2.28. The van der Waals surface area contributed by atoms with Gasteiger partial charge in [-0.15, -0.1) is 0 Å². The quantitative estimate of drug-likeness (QED) is 0.357. The second kappa shape index (κ2) is 12.8. The van der Waals surface area contributed by atoms with Gasteiger partial charge in [0.25, 0.3) is 0 Å². The SMILES string of the molecule is O=C(CCCNC(=O)N1CCN(c2ccccc2Cl)CC1)c1ccc(OC2CCC(C(=O)O)CC2)cc1. The summed E-state index contributed by atoms with van der Waals surface area (Å²) >= 11 is 6.29. The Bertz CT molecular complexity index is 1080. The van der Waals surface area contributed by atoms with Crippen molar-refractivity contribution in [1.82, 2.24) is 10.2 Å². The van der Waals surface area contributed by atoms with Gasteiger partial charge in [0, 0.05) is 44.7 Å². The lowest BCUT2D eigenvalue weighted by atomic mass is 9.87. The molecule has 1 aliphatic carbocycles. The number of benzene rings is 2. The molecule has 37 heavy (non-hydrogen) atoms. The first-order chi connectivity index (χ1) is 17.9. The van der Waals surface area contributed by atoms with Crippen molar-refractivity contribution in [2.24, 2.45) is 5.92 Å². The Kier molecular flexibility index (Phi) is 9.28. The van der Waals surface area contributed by atoms with Crippen molar-refractivity contribution in [1.29, 1.82) is 0 Å². The number of carbonyl (C=O) groups is 3. The zero-order valence-electron chi connectivity index (χ0n) is 20.9. The van der Waals surface area contributed by atoms with Crippen LogP contribution in [0.3, 0.4) is 0 Å². The number of para-hydroxylation sites is 1. The van der Waals surface area contributed by atoms with Gasteiger partial charge < -0.3 is 25.0 Å². The highest BCUT2D eigenvalue weighted by molar-refractivity contribution is 6.33. The number of aliphatic carboxylic acids is 1. The molecule has 2 fully saturated rings. The van der Waals surface area contributed by atoms with Crippen molar-refractivity contribution in [3.8, 4) is 5.75 Å². The fraction of sp³-hybridized carbons (Fsp3) is 0.464. The van der Waals surface area contributed by atoms with Gasteiger partial charge in [-0.2, -0.15) is 0 Å². The minimum Gasteiger partial charge on any atom is -0.490 e. The second-order valence-electron chi connectivity index (χ2n) is 9.64. The molecule has 1 saturated carbocycles. The van der Waals surface area contributed by atoms with Gasteiger partial charge in [0.2, 0.25) is 0 Å². The zero-order valence-corrected chi connectivity index (χ0v) is 21.7. The fourth-order valence-electron chi connectivity index (χ4n) is 4.90. The van der Waals surface area contributed by atoms with E-state index in [9.17, 15) is 14.4 Å². The van der Waals surface area contributed by atoms with Crippen molar-refractivity contribution in [2.45, 2.75) is 44.6 Å². The Hall–Kier alpha value is -3.26. The predicted octanol–water partition coefficient (Wildman–Crippen LogP) is 4.86. The maximum atomic E-state index is 12.6. The van der Waals surface area contributed by atoms with Crippen molar-refractivity contribution in [2.75, 3.05) is 37.6 Å². The Morgan fingerprint density at radius 1 is 0.946 bits per heavy atom. The maximum absolute atomic E-state index is 12.6. The molecule has 8 nitrogen and oxygen atoms in total. The number of halogens is 1. The molecule has 0 radical (unpaired) electrons. The first-order valence-corrected chi connectivity index (χ1v) is 13.3. The van der Waals surface area contributed by atoms with Crippen LogP contribution in [-0.2, 0) is 4.79 Å². The number of amides is 2. The molecule has 0 atom stereocenters. The molecule has 198 valence electrons. The van der Waals surface area contributed by atoms with Crippen LogP contribution in [0, 0.1) is 5.92 Å². The Morgan fingerprint density at radius 2 is 1.62 bits per heavy atom. The third-order valence-corrected chi connectivity index (χ3v) is 7.44. The van der Waals surface area contributed by atoms with Crippen LogP contribution in [0.15, 0.2) is 48.5 Å². The molecule has 9 heteroatoms. The standard InChI is InChI=1S/C28H34ClN3O5/c29-24-4-1-2-5-25(24)31-16-18-32(19-17-31)28(36)30-15-3-6-26(33)20-7-11-22(12-8-20)37-23-13-9-21(10-14-23)27(34)35/h1-2,4-5,7-8,11-12,21,23H,3,6,9-10,13-19H2,(H,30,36)(H,34,35). The lowest BCUT2D eigenvalue weighted by Gasteiger charge is -2.36. The monoisotopic (exact) mass is 527 g/mol. The molecule has 2 aliphatic rings. The average molecular weight is 528 g/mol. The van der Waals surface area contributed by atoms with E-state index in [-0.39, 0.29) is 23.8 Å². The maximum Gasteiger partial charge on any atom is 0.317 e. The number of rotatable bonds is 9. The van der Waals surface area contributed by atoms with E-state index in [2.05, 4.69) is 10.2 Å². The summed E-state index contributed by atoms with van der Waals surface area (Å²) in [6.07, 6.45) is 3.63. The van der Waals surface area contributed by atoms with E-state index >= 15 is 0 Å². The number of carboxylic acids is 1. The molecule has 2 N–H and O–H groups in total. The number of hydrogen-bond donors (Lipinski definition) is 2. The molecule has 0 aromatic heterocycles. The van der Waals surface area contributed by atoms with E-state index in [0.29, 0.717) is 61.7 Å². The van der Waals surface area contributed by atoms with Gasteiger partial charge in [0.1, 0.15) is 5.75 Å². The third-order valence-electron chi connectivity index (χ3n) is 7.12. The summed E-state index contributed by atoms with van der Waals surface area (Å²) in [7, 11) is 0. The summed E-state index contributed by atoms with van der Waals surface area (Å²) in [6, 6.07) is 14.7. The van der Waals surface area contributed by atoms with Crippen LogP contribution < -0.4 is 15.0 Å². The largest absolute Gasteiger partial charge is 0.490 e. The van der Waals surface area contributed by atoms with Crippen LogP contribution in [0.1, 0.15) is 48.9 Å². The number of nitrogens with one attached hydrogen (secondary N) is 1. The van der Waals surface area contributed by atoms with E-state index in [1.54, 1.807) is 29.2 Å². The summed E-state index contributed by atoms with van der Waals surface area (Å²) in [5, 5.41) is 12.8. The molecule has 1 saturated heterocycles. The summed E-state index contributed by atoms with van der Waals surface area (Å²) in [6.45, 7) is 3.12. The number of carbonyl (C=O) groups excluding carboxylic acids is 2. The van der Waals surface area contributed by atoms with E-state index in [1.807, 2.05) is 24.3 Å². The third kappa shape index (κ3) is 7.38. The van der Waals surface area contributed by atoms with Crippen LogP contribution in [-0.4, -0.2) is 66.6 Å². The smallest absolute Gasteiger partial charge is 0.317 e. The van der Waals surface area contributed by atoms with Crippen LogP contribution in [0.4, 0.5) is 10.5 Å². The number of ketones is 1. The number of carboxylic acid groups (broad SMARTS) is 1. The van der Waals surface area contributed by atoms with Gasteiger partial charge in [-0.3, -0.25) is 9.59 Å². The zero-order chi connectivity index (χ0) is 26.2. The van der Waals surface area contributed by atoms with Gasteiger partial charge in [-0.25, -0.2) is 4.79 Å². The number of ether oxygens (including phenoxy) is 1. The van der Waals surface area contributed by atoms with Crippen molar-refractivity contribution in [3.63, 3.8) is 0 Å². The summed E-state index contributed by atoms with van der Waals surface area (Å²) in [4.78, 5) is 40.1. The topological polar surface area (TPSA) is 99.2 Å². The number of urea groups is 1. The van der Waals surface area contributed by atoms with Gasteiger partial charge in [0.05, 0.1) is 22.7 Å². The number of anilines is 1. The highest BCUT2D eigenvalue weighted by atomic mass is 35.5. The highest BCUT2D eigenvalue weighted by Gasteiger charge is 2.27. The van der Waals surface area contributed by atoms with Crippen LogP contribution in [0.2, 0.25) is 5.02 Å². The van der Waals surface area contributed by atoms with E-state index in [0.717, 1.165) is 31.6 Å². The second-order valence-corrected chi connectivity index (χ2v) is 10.0.